The van der Waals surface area contributed by atoms with Gasteiger partial charge in [-0.15, -0.1) is 11.3 Å². The van der Waals surface area contributed by atoms with Crippen molar-refractivity contribution < 1.29 is 9.72 Å². The zero-order valence-electron chi connectivity index (χ0n) is 10.4. The Morgan fingerprint density at radius 2 is 2.05 bits per heavy atom. The number of nitrogens with zero attached hydrogens (tertiary/aromatic N) is 1. The lowest BCUT2D eigenvalue weighted by Gasteiger charge is -2.08. The number of benzene rings is 1. The number of hydrogen-bond donors (Lipinski definition) is 1. The standard InChI is InChI=1S/C12H7Br2ClN2O3S/c1-5-2-9(17(19)20)7(15)4-8(5)16-12(18)10-3-6(13)11(14)21-10/h2-4H,1H3,(H,16,18). The molecule has 2 rings (SSSR count). The maximum atomic E-state index is 12.1. The summed E-state index contributed by atoms with van der Waals surface area (Å²) in [5.41, 5.74) is 0.819. The summed E-state index contributed by atoms with van der Waals surface area (Å²) in [6.07, 6.45) is 0. The second kappa shape index (κ2) is 6.43. The third-order valence-corrected chi connectivity index (χ3v) is 6.17. The first-order valence-electron chi connectivity index (χ1n) is 5.50. The van der Waals surface area contributed by atoms with Crippen molar-refractivity contribution in [3.05, 3.63) is 52.0 Å². The number of nitrogens with one attached hydrogen (secondary N) is 1. The van der Waals surface area contributed by atoms with Crippen molar-refractivity contribution in [1.82, 2.24) is 0 Å². The predicted octanol–water partition coefficient (Wildman–Crippen LogP) is 5.40. The lowest BCUT2D eigenvalue weighted by atomic mass is 10.1. The number of aryl methyl sites for hydroxylation is 1. The van der Waals surface area contributed by atoms with Gasteiger partial charge < -0.3 is 5.32 Å². The lowest BCUT2D eigenvalue weighted by molar-refractivity contribution is -0.384. The molecule has 0 fully saturated rings. The van der Waals surface area contributed by atoms with Crippen LogP contribution in [-0.2, 0) is 0 Å². The number of anilines is 1. The van der Waals surface area contributed by atoms with Crippen molar-refractivity contribution in [2.24, 2.45) is 0 Å². The first-order chi connectivity index (χ1) is 9.79. The molecule has 1 aromatic heterocycles. The van der Waals surface area contributed by atoms with E-state index in [-0.39, 0.29) is 16.6 Å². The number of halogens is 3. The molecule has 0 saturated carbocycles. The average molecular weight is 455 g/mol. The Labute approximate surface area is 145 Å². The van der Waals surface area contributed by atoms with Crippen LogP contribution in [-0.4, -0.2) is 10.8 Å². The molecule has 0 spiro atoms. The number of carbonyl (C=O) groups is 1. The number of nitro groups is 1. The topological polar surface area (TPSA) is 72.2 Å². The number of nitro benzene ring substituents is 1. The zero-order valence-corrected chi connectivity index (χ0v) is 15.2. The fourth-order valence-electron chi connectivity index (χ4n) is 1.58. The molecule has 110 valence electrons. The van der Waals surface area contributed by atoms with Gasteiger partial charge in [0.2, 0.25) is 0 Å². The molecule has 0 atom stereocenters. The van der Waals surface area contributed by atoms with E-state index in [1.807, 2.05) is 0 Å². The van der Waals surface area contributed by atoms with Gasteiger partial charge >= 0.3 is 0 Å². The normalized spacial score (nSPS) is 10.5. The van der Waals surface area contributed by atoms with Gasteiger partial charge in [0, 0.05) is 16.2 Å². The molecule has 0 aliphatic rings. The van der Waals surface area contributed by atoms with Crippen molar-refractivity contribution in [2.75, 3.05) is 5.32 Å². The van der Waals surface area contributed by atoms with Crippen LogP contribution in [0.3, 0.4) is 0 Å². The molecular formula is C12H7Br2ClN2O3S. The third kappa shape index (κ3) is 3.63. The molecule has 0 saturated heterocycles. The van der Waals surface area contributed by atoms with Crippen LogP contribution in [0, 0.1) is 17.0 Å². The molecule has 0 aliphatic carbocycles. The van der Waals surface area contributed by atoms with Gasteiger partial charge in [0.15, 0.2) is 0 Å². The smallest absolute Gasteiger partial charge is 0.288 e. The second-order valence-corrected chi connectivity index (χ2v) is 7.69. The number of hydrogen-bond acceptors (Lipinski definition) is 4. The zero-order chi connectivity index (χ0) is 15.7. The molecule has 1 amide bonds. The average Bonchev–Trinajstić information content (AvgIpc) is 2.73. The summed E-state index contributed by atoms with van der Waals surface area (Å²) < 4.78 is 1.60. The first kappa shape index (κ1) is 16.4. The maximum Gasteiger partial charge on any atom is 0.288 e. The molecule has 0 bridgehead atoms. The molecule has 1 heterocycles. The van der Waals surface area contributed by atoms with Gasteiger partial charge in [0.05, 0.1) is 13.6 Å². The largest absolute Gasteiger partial charge is 0.321 e. The summed E-state index contributed by atoms with van der Waals surface area (Å²) >= 11 is 13.8. The fourth-order valence-corrected chi connectivity index (χ4v) is 3.75. The minimum absolute atomic E-state index is 0.0190. The molecule has 1 N–H and O–H groups in total. The monoisotopic (exact) mass is 452 g/mol. The van der Waals surface area contributed by atoms with E-state index in [9.17, 15) is 14.9 Å². The first-order valence-corrected chi connectivity index (χ1v) is 8.28. The van der Waals surface area contributed by atoms with E-state index in [1.54, 1.807) is 13.0 Å². The molecular weight excluding hydrogens is 447 g/mol. The van der Waals surface area contributed by atoms with E-state index < -0.39 is 4.92 Å². The van der Waals surface area contributed by atoms with Gasteiger partial charge in [-0.3, -0.25) is 14.9 Å². The Bertz CT molecular complexity index is 729. The molecule has 0 aliphatic heterocycles. The van der Waals surface area contributed by atoms with Crippen LogP contribution in [0.4, 0.5) is 11.4 Å². The van der Waals surface area contributed by atoms with E-state index >= 15 is 0 Å². The van der Waals surface area contributed by atoms with Crippen molar-refractivity contribution in [1.29, 1.82) is 0 Å². The SMILES string of the molecule is Cc1cc([N+](=O)[O-])c(Cl)cc1NC(=O)c1cc(Br)c(Br)s1. The van der Waals surface area contributed by atoms with Gasteiger partial charge in [-0.2, -0.15) is 0 Å². The number of thiophene rings is 1. The highest BCUT2D eigenvalue weighted by atomic mass is 79.9. The Morgan fingerprint density at radius 3 is 2.57 bits per heavy atom. The molecule has 2 aromatic rings. The van der Waals surface area contributed by atoms with Crippen LogP contribution in [0.15, 0.2) is 26.5 Å². The summed E-state index contributed by atoms with van der Waals surface area (Å²) in [6.45, 7) is 1.67. The predicted molar refractivity (Wildman–Crippen MR) is 90.5 cm³/mol. The lowest BCUT2D eigenvalue weighted by Crippen LogP contribution is -2.11. The minimum atomic E-state index is -0.561. The highest BCUT2D eigenvalue weighted by Crippen LogP contribution is 2.34. The maximum absolute atomic E-state index is 12.1. The van der Waals surface area contributed by atoms with Crippen LogP contribution in [0.5, 0.6) is 0 Å². The molecule has 0 unspecified atom stereocenters. The Hall–Kier alpha value is -0.960. The van der Waals surface area contributed by atoms with Gasteiger partial charge in [-0.05, 0) is 56.5 Å². The van der Waals surface area contributed by atoms with E-state index in [4.69, 9.17) is 11.6 Å². The number of carbonyl (C=O) groups excluding carboxylic acids is 1. The van der Waals surface area contributed by atoms with Crippen LogP contribution in [0.1, 0.15) is 15.2 Å². The summed E-state index contributed by atoms with van der Waals surface area (Å²) in [5.74, 6) is -0.306. The molecule has 9 heteroatoms. The van der Waals surface area contributed by atoms with E-state index in [0.29, 0.717) is 16.1 Å². The quantitative estimate of drug-likeness (QED) is 0.499. The van der Waals surface area contributed by atoms with Gasteiger partial charge in [0.25, 0.3) is 11.6 Å². The van der Waals surface area contributed by atoms with Crippen LogP contribution < -0.4 is 5.32 Å². The van der Waals surface area contributed by atoms with Gasteiger partial charge in [-0.1, -0.05) is 11.6 Å². The van der Waals surface area contributed by atoms with Crippen molar-refractivity contribution in [3.63, 3.8) is 0 Å². The van der Waals surface area contributed by atoms with Crippen molar-refractivity contribution in [2.45, 2.75) is 6.92 Å². The molecule has 5 nitrogen and oxygen atoms in total. The van der Waals surface area contributed by atoms with Crippen LogP contribution >= 0.6 is 54.8 Å². The second-order valence-electron chi connectivity index (χ2n) is 4.06. The number of rotatable bonds is 3. The minimum Gasteiger partial charge on any atom is -0.321 e. The summed E-state index contributed by atoms with van der Waals surface area (Å²) in [7, 11) is 0. The molecule has 0 radical (unpaired) electrons. The Morgan fingerprint density at radius 1 is 1.38 bits per heavy atom. The van der Waals surface area contributed by atoms with E-state index in [2.05, 4.69) is 37.2 Å². The summed E-state index contributed by atoms with van der Waals surface area (Å²) in [4.78, 5) is 22.9. The number of amides is 1. The van der Waals surface area contributed by atoms with Gasteiger partial charge in [-0.25, -0.2) is 0 Å². The van der Waals surface area contributed by atoms with Crippen molar-refractivity contribution in [3.8, 4) is 0 Å². The molecule has 1 aromatic carbocycles. The Balaban J connectivity index is 2.29. The van der Waals surface area contributed by atoms with Crippen LogP contribution in [0.2, 0.25) is 5.02 Å². The Kier molecular flexibility index (Phi) is 5.03. The summed E-state index contributed by atoms with van der Waals surface area (Å²) in [5, 5.41) is 13.5. The fraction of sp³-hybridized carbons (Fsp3) is 0.0833. The summed E-state index contributed by atoms with van der Waals surface area (Å²) in [6, 6.07) is 4.40. The van der Waals surface area contributed by atoms with Crippen molar-refractivity contribution >= 4 is 72.1 Å². The molecule has 21 heavy (non-hydrogen) atoms. The third-order valence-electron chi connectivity index (χ3n) is 2.61. The van der Waals surface area contributed by atoms with E-state index in [1.165, 1.54) is 23.5 Å². The highest BCUT2D eigenvalue weighted by Gasteiger charge is 2.18. The van der Waals surface area contributed by atoms with E-state index in [0.717, 1.165) is 8.26 Å². The van der Waals surface area contributed by atoms with Crippen LogP contribution in [0.25, 0.3) is 0 Å². The van der Waals surface area contributed by atoms with Gasteiger partial charge in [0.1, 0.15) is 5.02 Å². The highest BCUT2D eigenvalue weighted by molar-refractivity contribution is 9.13.